The predicted molar refractivity (Wildman–Crippen MR) is 107 cm³/mol. The summed E-state index contributed by atoms with van der Waals surface area (Å²) < 4.78 is 5.50. The molecule has 0 fully saturated rings. The van der Waals surface area contributed by atoms with Crippen molar-refractivity contribution in [2.24, 2.45) is 5.73 Å². The number of nitrogens with zero attached hydrogens (tertiary/aromatic N) is 1. The lowest BCUT2D eigenvalue weighted by Gasteiger charge is -2.29. The summed E-state index contributed by atoms with van der Waals surface area (Å²) >= 11 is 0. The van der Waals surface area contributed by atoms with Gasteiger partial charge in [0.2, 0.25) is 5.91 Å². The van der Waals surface area contributed by atoms with Crippen LogP contribution in [-0.2, 0) is 9.53 Å². The van der Waals surface area contributed by atoms with E-state index < -0.39 is 6.04 Å². The van der Waals surface area contributed by atoms with Gasteiger partial charge in [-0.3, -0.25) is 4.79 Å². The number of hydrogen-bond acceptors (Lipinski definition) is 3. The molecule has 4 heteroatoms. The minimum absolute atomic E-state index is 0.0191. The average Bonchev–Trinajstić information content (AvgIpc) is 2.66. The molecule has 0 saturated heterocycles. The Morgan fingerprint density at radius 3 is 2.69 bits per heavy atom. The molecule has 1 amide bonds. The summed E-state index contributed by atoms with van der Waals surface area (Å²) in [7, 11) is 0. The summed E-state index contributed by atoms with van der Waals surface area (Å²) in [6.07, 6.45) is 3.75. The highest BCUT2D eigenvalue weighted by atomic mass is 16.5. The zero-order valence-corrected chi connectivity index (χ0v) is 15.7. The molecular weight excluding hydrogens is 324 g/mol. The zero-order valence-electron chi connectivity index (χ0n) is 15.7. The van der Waals surface area contributed by atoms with Crippen molar-refractivity contribution in [1.29, 1.82) is 0 Å². The van der Waals surface area contributed by atoms with E-state index in [1.807, 2.05) is 18.7 Å². The molecule has 26 heavy (non-hydrogen) atoms. The van der Waals surface area contributed by atoms with E-state index in [-0.39, 0.29) is 12.0 Å². The zero-order chi connectivity index (χ0) is 18.5. The van der Waals surface area contributed by atoms with Gasteiger partial charge in [0.25, 0.3) is 0 Å². The second kappa shape index (κ2) is 8.47. The summed E-state index contributed by atoms with van der Waals surface area (Å²) in [4.78, 5) is 14.4. The molecule has 1 atom stereocenters. The monoisotopic (exact) mass is 352 g/mol. The van der Waals surface area contributed by atoms with E-state index in [2.05, 4.69) is 48.5 Å². The first-order valence-electron chi connectivity index (χ1n) is 9.39. The quantitative estimate of drug-likeness (QED) is 0.864. The Kier molecular flexibility index (Phi) is 6.07. The number of carbonyl (C=O) groups excluding carboxylic acids is 1. The van der Waals surface area contributed by atoms with Crippen LogP contribution in [0.15, 0.2) is 48.5 Å². The van der Waals surface area contributed by atoms with E-state index in [4.69, 9.17) is 10.5 Å². The molecule has 3 rings (SSSR count). The van der Waals surface area contributed by atoms with Crippen LogP contribution in [0.4, 0.5) is 0 Å². The number of hydrogen-bond donors (Lipinski definition) is 1. The van der Waals surface area contributed by atoms with Gasteiger partial charge in [-0.05, 0) is 48.6 Å². The Balaban J connectivity index is 1.65. The molecule has 1 aliphatic rings. The van der Waals surface area contributed by atoms with Crippen molar-refractivity contribution < 1.29 is 9.53 Å². The van der Waals surface area contributed by atoms with E-state index in [0.29, 0.717) is 26.1 Å². The minimum Gasteiger partial charge on any atom is -0.379 e. The van der Waals surface area contributed by atoms with Gasteiger partial charge < -0.3 is 15.4 Å². The summed E-state index contributed by atoms with van der Waals surface area (Å²) in [5.41, 5.74) is 8.64. The van der Waals surface area contributed by atoms with E-state index in [1.165, 1.54) is 21.9 Å². The second-order valence-electron chi connectivity index (χ2n) is 7.11. The number of fused-ring (bicyclic) bond motifs is 1. The molecule has 1 heterocycles. The van der Waals surface area contributed by atoms with Crippen molar-refractivity contribution >= 4 is 22.3 Å². The largest absolute Gasteiger partial charge is 0.379 e. The van der Waals surface area contributed by atoms with Gasteiger partial charge in [0.1, 0.15) is 0 Å². The van der Waals surface area contributed by atoms with Gasteiger partial charge in [-0.2, -0.15) is 0 Å². The van der Waals surface area contributed by atoms with Crippen LogP contribution in [-0.4, -0.2) is 42.6 Å². The Bertz CT molecular complexity index is 792. The Morgan fingerprint density at radius 2 is 1.96 bits per heavy atom. The maximum absolute atomic E-state index is 12.5. The Labute approximate surface area is 155 Å². The minimum atomic E-state index is -0.485. The van der Waals surface area contributed by atoms with Crippen LogP contribution in [0.3, 0.4) is 0 Å². The number of carbonyl (C=O) groups is 1. The predicted octanol–water partition coefficient (Wildman–Crippen LogP) is 3.60. The third-order valence-electron chi connectivity index (χ3n) is 4.85. The van der Waals surface area contributed by atoms with Crippen molar-refractivity contribution in [3.8, 4) is 0 Å². The topological polar surface area (TPSA) is 55.6 Å². The van der Waals surface area contributed by atoms with Crippen LogP contribution in [0.5, 0.6) is 0 Å². The summed E-state index contributed by atoms with van der Waals surface area (Å²) in [6.45, 7) is 5.83. The van der Waals surface area contributed by atoms with Crippen molar-refractivity contribution in [2.45, 2.75) is 38.8 Å². The molecule has 4 nitrogen and oxygen atoms in total. The van der Waals surface area contributed by atoms with Crippen molar-refractivity contribution in [3.05, 3.63) is 54.1 Å². The molecule has 138 valence electrons. The lowest BCUT2D eigenvalue weighted by Crippen LogP contribution is -2.45. The highest BCUT2D eigenvalue weighted by Gasteiger charge is 2.23. The van der Waals surface area contributed by atoms with E-state index in [0.717, 1.165) is 6.42 Å². The third kappa shape index (κ3) is 4.32. The number of benzene rings is 2. The van der Waals surface area contributed by atoms with E-state index >= 15 is 0 Å². The van der Waals surface area contributed by atoms with Gasteiger partial charge in [-0.15, -0.1) is 0 Å². The summed E-state index contributed by atoms with van der Waals surface area (Å²) in [5, 5.41) is 2.51. The normalized spacial score (nSPS) is 16.0. The smallest absolute Gasteiger partial charge is 0.239 e. The summed E-state index contributed by atoms with van der Waals surface area (Å²) in [6, 6.07) is 14.3. The standard InChI is InChI=1S/C22H28N2O2/c1-16(2)26-15-12-21(23)22(25)24-13-10-18(11-14-24)20-9-5-7-17-6-3-4-8-19(17)20/h3-10,16,21H,11-15,23H2,1-2H3. The molecule has 2 aromatic carbocycles. The molecule has 0 saturated carbocycles. The van der Waals surface area contributed by atoms with Gasteiger partial charge in [-0.1, -0.05) is 48.5 Å². The number of rotatable bonds is 6. The summed E-state index contributed by atoms with van der Waals surface area (Å²) in [5.74, 6) is 0.0191. The lowest BCUT2D eigenvalue weighted by atomic mass is 9.94. The third-order valence-corrected chi connectivity index (χ3v) is 4.85. The maximum atomic E-state index is 12.5. The second-order valence-corrected chi connectivity index (χ2v) is 7.11. The molecule has 1 aliphatic heterocycles. The van der Waals surface area contributed by atoms with Crippen molar-refractivity contribution in [2.75, 3.05) is 19.7 Å². The van der Waals surface area contributed by atoms with Gasteiger partial charge in [-0.25, -0.2) is 0 Å². The average molecular weight is 352 g/mol. The molecule has 0 spiro atoms. The first-order chi connectivity index (χ1) is 12.6. The molecule has 1 unspecified atom stereocenters. The number of amides is 1. The van der Waals surface area contributed by atoms with Gasteiger partial charge in [0, 0.05) is 19.7 Å². The van der Waals surface area contributed by atoms with Crippen LogP contribution in [0.1, 0.15) is 32.3 Å². The SMILES string of the molecule is CC(C)OCCC(N)C(=O)N1CC=C(c2cccc3ccccc23)CC1. The van der Waals surface area contributed by atoms with E-state index in [9.17, 15) is 4.79 Å². The fourth-order valence-corrected chi connectivity index (χ4v) is 3.41. The highest BCUT2D eigenvalue weighted by Crippen LogP contribution is 2.29. The number of nitrogens with two attached hydrogens (primary N) is 1. The molecule has 0 bridgehead atoms. The van der Waals surface area contributed by atoms with Crippen molar-refractivity contribution in [3.63, 3.8) is 0 Å². The lowest BCUT2D eigenvalue weighted by molar-refractivity contribution is -0.132. The van der Waals surface area contributed by atoms with Crippen LogP contribution in [0.25, 0.3) is 16.3 Å². The van der Waals surface area contributed by atoms with Gasteiger partial charge in [0.15, 0.2) is 0 Å². The van der Waals surface area contributed by atoms with Gasteiger partial charge in [0.05, 0.1) is 12.1 Å². The number of ether oxygens (including phenoxy) is 1. The first-order valence-corrected chi connectivity index (χ1v) is 9.39. The van der Waals surface area contributed by atoms with Gasteiger partial charge >= 0.3 is 0 Å². The molecule has 0 radical (unpaired) electrons. The Hall–Kier alpha value is -2.17. The fourth-order valence-electron chi connectivity index (χ4n) is 3.41. The van der Waals surface area contributed by atoms with Crippen molar-refractivity contribution in [1.82, 2.24) is 4.90 Å². The van der Waals surface area contributed by atoms with Crippen LogP contribution in [0, 0.1) is 0 Å². The highest BCUT2D eigenvalue weighted by molar-refractivity contribution is 5.94. The van der Waals surface area contributed by atoms with E-state index in [1.54, 1.807) is 0 Å². The molecule has 0 aliphatic carbocycles. The molecular formula is C22H28N2O2. The maximum Gasteiger partial charge on any atom is 0.239 e. The van der Waals surface area contributed by atoms with Crippen LogP contribution in [0.2, 0.25) is 0 Å². The van der Waals surface area contributed by atoms with Crippen LogP contribution >= 0.6 is 0 Å². The molecule has 2 N–H and O–H groups in total. The molecule has 0 aromatic heterocycles. The van der Waals surface area contributed by atoms with Crippen LogP contribution < -0.4 is 5.73 Å². The Morgan fingerprint density at radius 1 is 1.19 bits per heavy atom. The first kappa shape index (κ1) is 18.6. The fraction of sp³-hybridized carbons (Fsp3) is 0.409. The molecule has 2 aromatic rings.